The van der Waals surface area contributed by atoms with E-state index in [1.54, 1.807) is 24.5 Å². The van der Waals surface area contributed by atoms with Crippen LogP contribution in [-0.4, -0.2) is 56.8 Å². The Morgan fingerprint density at radius 1 is 1.11 bits per heavy atom. The van der Waals surface area contributed by atoms with Crippen LogP contribution in [0.15, 0.2) is 29.4 Å². The van der Waals surface area contributed by atoms with Crippen LogP contribution in [0.3, 0.4) is 0 Å². The number of pyridine rings is 1. The number of thioether (sulfide) groups is 1. The minimum Gasteiger partial charge on any atom is -0.480 e. The van der Waals surface area contributed by atoms with E-state index in [-0.39, 0.29) is 5.75 Å². The normalized spacial score (nSPS) is 9.89. The predicted octanol–water partition coefficient (Wildman–Crippen LogP) is 0.171. The van der Waals surface area contributed by atoms with Gasteiger partial charge in [0.1, 0.15) is 13.1 Å². The van der Waals surface area contributed by atoms with Crippen molar-refractivity contribution in [2.24, 2.45) is 0 Å². The number of hydrogen-bond donors (Lipinski definition) is 2. The first-order valence-electron chi connectivity index (χ1n) is 5.23. The first-order chi connectivity index (χ1) is 8.99. The summed E-state index contributed by atoms with van der Waals surface area (Å²) < 4.78 is 0. The first-order valence-corrected chi connectivity index (χ1v) is 6.22. The Bertz CT molecular complexity index is 449. The number of carboxylic acids is 2. The lowest BCUT2D eigenvalue weighted by Gasteiger charge is -2.18. The highest BCUT2D eigenvalue weighted by Crippen LogP contribution is 2.16. The van der Waals surface area contributed by atoms with Crippen molar-refractivity contribution in [3.8, 4) is 0 Å². The van der Waals surface area contributed by atoms with Crippen LogP contribution in [-0.2, 0) is 14.4 Å². The van der Waals surface area contributed by atoms with Crippen LogP contribution < -0.4 is 0 Å². The largest absolute Gasteiger partial charge is 0.480 e. The van der Waals surface area contributed by atoms with E-state index >= 15 is 0 Å². The van der Waals surface area contributed by atoms with Gasteiger partial charge in [-0.1, -0.05) is 0 Å². The molecular formula is C11H12N2O5S. The molecule has 0 spiro atoms. The van der Waals surface area contributed by atoms with E-state index in [0.29, 0.717) is 0 Å². The summed E-state index contributed by atoms with van der Waals surface area (Å²) in [5.74, 6) is -3.05. The molecule has 0 radical (unpaired) electrons. The highest BCUT2D eigenvalue weighted by atomic mass is 32.2. The van der Waals surface area contributed by atoms with Gasteiger partial charge in [0.25, 0.3) is 0 Å². The molecule has 19 heavy (non-hydrogen) atoms. The molecule has 0 fully saturated rings. The highest BCUT2D eigenvalue weighted by molar-refractivity contribution is 8.00. The molecule has 1 rings (SSSR count). The minimum atomic E-state index is -1.25. The third-order valence-electron chi connectivity index (χ3n) is 2.02. The summed E-state index contributed by atoms with van der Waals surface area (Å²) in [5, 5.41) is 17.3. The van der Waals surface area contributed by atoms with Crippen molar-refractivity contribution in [2.45, 2.75) is 4.90 Å². The van der Waals surface area contributed by atoms with Crippen molar-refractivity contribution >= 4 is 29.6 Å². The number of aromatic nitrogens is 1. The number of aliphatic carboxylic acids is 2. The van der Waals surface area contributed by atoms with Gasteiger partial charge >= 0.3 is 11.9 Å². The Labute approximate surface area is 113 Å². The smallest absolute Gasteiger partial charge is 0.323 e. The molecule has 0 saturated heterocycles. The van der Waals surface area contributed by atoms with Crippen LogP contribution in [0.25, 0.3) is 0 Å². The van der Waals surface area contributed by atoms with Crippen molar-refractivity contribution in [3.63, 3.8) is 0 Å². The number of carbonyl (C=O) groups is 3. The van der Waals surface area contributed by atoms with Crippen LogP contribution in [0.2, 0.25) is 0 Å². The molecule has 1 aromatic rings. The van der Waals surface area contributed by atoms with Gasteiger partial charge in [-0.2, -0.15) is 0 Å². The van der Waals surface area contributed by atoms with Crippen molar-refractivity contribution in [1.82, 2.24) is 9.88 Å². The van der Waals surface area contributed by atoms with Gasteiger partial charge in [-0.25, -0.2) is 0 Å². The van der Waals surface area contributed by atoms with Gasteiger partial charge in [0.05, 0.1) is 5.75 Å². The van der Waals surface area contributed by atoms with E-state index in [1.165, 1.54) is 11.8 Å². The summed E-state index contributed by atoms with van der Waals surface area (Å²) in [6, 6.07) is 3.41. The topological polar surface area (TPSA) is 108 Å². The molecule has 2 N–H and O–H groups in total. The Morgan fingerprint density at radius 3 is 2.11 bits per heavy atom. The van der Waals surface area contributed by atoms with Gasteiger partial charge in [-0.3, -0.25) is 19.4 Å². The Hall–Kier alpha value is -2.09. The van der Waals surface area contributed by atoms with E-state index in [4.69, 9.17) is 10.2 Å². The second-order valence-electron chi connectivity index (χ2n) is 3.51. The molecule has 0 aliphatic rings. The second-order valence-corrected chi connectivity index (χ2v) is 4.56. The summed E-state index contributed by atoms with van der Waals surface area (Å²) in [4.78, 5) is 38.3. The standard InChI is InChI=1S/C11H12N2O5S/c14-9(7-19-8-1-3-12-4-2-8)13(5-10(15)16)6-11(17)18/h1-4H,5-7H2,(H,15,16)(H,17,18). The predicted molar refractivity (Wildman–Crippen MR) is 66.8 cm³/mol. The van der Waals surface area contributed by atoms with Gasteiger partial charge in [-0.15, -0.1) is 11.8 Å². The lowest BCUT2D eigenvalue weighted by molar-refractivity contribution is -0.148. The summed E-state index contributed by atoms with van der Waals surface area (Å²) in [6.45, 7) is -1.25. The zero-order valence-corrected chi connectivity index (χ0v) is 10.7. The van der Waals surface area contributed by atoms with E-state index in [2.05, 4.69) is 4.98 Å². The SMILES string of the molecule is O=C(O)CN(CC(=O)O)C(=O)CSc1ccncc1. The molecule has 0 unspecified atom stereocenters. The minimum absolute atomic E-state index is 0.0232. The molecule has 0 aliphatic carbocycles. The summed E-state index contributed by atoms with van der Waals surface area (Å²) in [6.07, 6.45) is 3.14. The molecule has 0 bridgehead atoms. The molecular weight excluding hydrogens is 272 g/mol. The molecule has 0 atom stereocenters. The zero-order chi connectivity index (χ0) is 14.3. The number of hydrogen-bond acceptors (Lipinski definition) is 5. The summed E-state index contributed by atoms with van der Waals surface area (Å²) in [5.41, 5.74) is 0. The average molecular weight is 284 g/mol. The number of nitrogens with zero attached hydrogens (tertiary/aromatic N) is 2. The van der Waals surface area contributed by atoms with Gasteiger partial charge in [-0.05, 0) is 12.1 Å². The summed E-state index contributed by atoms with van der Waals surface area (Å²) in [7, 11) is 0. The van der Waals surface area contributed by atoms with E-state index in [9.17, 15) is 14.4 Å². The Morgan fingerprint density at radius 2 is 1.63 bits per heavy atom. The maximum atomic E-state index is 11.8. The molecule has 1 aromatic heterocycles. The monoisotopic (exact) mass is 284 g/mol. The van der Waals surface area contributed by atoms with Gasteiger partial charge in [0.15, 0.2) is 0 Å². The Balaban J connectivity index is 2.56. The molecule has 0 aliphatic heterocycles. The molecule has 7 nitrogen and oxygen atoms in total. The van der Waals surface area contributed by atoms with Gasteiger partial charge in [0.2, 0.25) is 5.91 Å². The average Bonchev–Trinajstić information content (AvgIpc) is 2.35. The van der Waals surface area contributed by atoms with Crippen molar-refractivity contribution in [2.75, 3.05) is 18.8 Å². The van der Waals surface area contributed by atoms with Crippen LogP contribution in [0.5, 0.6) is 0 Å². The first kappa shape index (κ1) is 15.0. The molecule has 1 amide bonds. The highest BCUT2D eigenvalue weighted by Gasteiger charge is 2.19. The fourth-order valence-electron chi connectivity index (χ4n) is 1.23. The van der Waals surface area contributed by atoms with Crippen molar-refractivity contribution in [3.05, 3.63) is 24.5 Å². The molecule has 8 heteroatoms. The molecule has 1 heterocycles. The zero-order valence-electron chi connectivity index (χ0n) is 9.85. The van der Waals surface area contributed by atoms with Crippen molar-refractivity contribution < 1.29 is 24.6 Å². The number of carbonyl (C=O) groups excluding carboxylic acids is 1. The van der Waals surface area contributed by atoms with Gasteiger partial charge < -0.3 is 15.1 Å². The number of amides is 1. The van der Waals surface area contributed by atoms with E-state index in [1.807, 2.05) is 0 Å². The van der Waals surface area contributed by atoms with Crippen LogP contribution in [0.1, 0.15) is 0 Å². The fraction of sp³-hybridized carbons (Fsp3) is 0.273. The quantitative estimate of drug-likeness (QED) is 0.687. The Kier molecular flexibility index (Phi) is 5.80. The molecule has 0 saturated carbocycles. The third-order valence-corrected chi connectivity index (χ3v) is 3.01. The molecule has 0 aromatic carbocycles. The third kappa shape index (κ3) is 5.87. The fourth-order valence-corrected chi connectivity index (χ4v) is 2.02. The number of carboxylic acid groups (broad SMARTS) is 2. The maximum absolute atomic E-state index is 11.8. The molecule has 102 valence electrons. The van der Waals surface area contributed by atoms with Crippen molar-refractivity contribution in [1.29, 1.82) is 0 Å². The number of rotatable bonds is 7. The van der Waals surface area contributed by atoms with Crippen LogP contribution in [0, 0.1) is 0 Å². The van der Waals surface area contributed by atoms with E-state index < -0.39 is 30.9 Å². The maximum Gasteiger partial charge on any atom is 0.323 e. The van der Waals surface area contributed by atoms with Gasteiger partial charge in [0, 0.05) is 17.3 Å². The lowest BCUT2D eigenvalue weighted by atomic mass is 10.4. The van der Waals surface area contributed by atoms with Crippen LogP contribution in [0.4, 0.5) is 0 Å². The summed E-state index contributed by atoms with van der Waals surface area (Å²) >= 11 is 1.19. The lowest BCUT2D eigenvalue weighted by Crippen LogP contribution is -2.40. The second kappa shape index (κ2) is 7.37. The van der Waals surface area contributed by atoms with Crippen LogP contribution >= 0.6 is 11.8 Å². The van der Waals surface area contributed by atoms with E-state index in [0.717, 1.165) is 9.80 Å².